The van der Waals surface area contributed by atoms with E-state index in [9.17, 15) is 9.59 Å². The number of carbonyl (C=O) groups excluding carboxylic acids is 1. The SMILES string of the molecule is C#CCC(Nc1ccc(C(=O)OCC)cn1)C(=O)O. The molecule has 1 unspecified atom stereocenters. The predicted molar refractivity (Wildman–Crippen MR) is 68.7 cm³/mol. The van der Waals surface area contributed by atoms with Crippen LogP contribution >= 0.6 is 0 Å². The molecule has 0 aliphatic carbocycles. The van der Waals surface area contributed by atoms with Gasteiger partial charge in [0.2, 0.25) is 0 Å². The summed E-state index contributed by atoms with van der Waals surface area (Å²) in [5, 5.41) is 11.6. The van der Waals surface area contributed by atoms with E-state index in [0.29, 0.717) is 11.4 Å². The molecule has 1 rings (SSSR count). The zero-order valence-electron chi connectivity index (χ0n) is 10.4. The lowest BCUT2D eigenvalue weighted by atomic mass is 10.2. The molecular weight excluding hydrogens is 248 g/mol. The number of rotatable bonds is 6. The molecule has 1 aromatic rings. The van der Waals surface area contributed by atoms with Gasteiger partial charge in [-0.25, -0.2) is 14.6 Å². The van der Waals surface area contributed by atoms with E-state index in [4.69, 9.17) is 16.3 Å². The minimum absolute atomic E-state index is 0.0383. The minimum Gasteiger partial charge on any atom is -0.480 e. The molecule has 1 heterocycles. The molecule has 100 valence electrons. The Morgan fingerprint density at radius 3 is 2.79 bits per heavy atom. The van der Waals surface area contributed by atoms with Crippen molar-refractivity contribution in [2.45, 2.75) is 19.4 Å². The highest BCUT2D eigenvalue weighted by atomic mass is 16.5. The summed E-state index contributed by atoms with van der Waals surface area (Å²) in [5.74, 6) is 1.07. The van der Waals surface area contributed by atoms with E-state index < -0.39 is 18.0 Å². The second-order valence-corrected chi connectivity index (χ2v) is 3.60. The Kier molecular flexibility index (Phi) is 5.35. The standard InChI is InChI=1S/C13H14N2O4/c1-3-5-10(12(16)17)15-11-7-6-9(8-14-11)13(18)19-4-2/h1,6-8,10H,4-5H2,2H3,(H,14,15)(H,16,17). The first-order valence-electron chi connectivity index (χ1n) is 5.64. The Morgan fingerprint density at radius 2 is 2.32 bits per heavy atom. The molecule has 6 nitrogen and oxygen atoms in total. The summed E-state index contributed by atoms with van der Waals surface area (Å²) >= 11 is 0. The van der Waals surface area contributed by atoms with Crippen molar-refractivity contribution in [3.63, 3.8) is 0 Å². The fourth-order valence-electron chi connectivity index (χ4n) is 1.31. The fourth-order valence-corrected chi connectivity index (χ4v) is 1.31. The van der Waals surface area contributed by atoms with Crippen LogP contribution in [0.3, 0.4) is 0 Å². The van der Waals surface area contributed by atoms with E-state index >= 15 is 0 Å². The van der Waals surface area contributed by atoms with Gasteiger partial charge in [-0.1, -0.05) is 0 Å². The van der Waals surface area contributed by atoms with Gasteiger partial charge in [0.05, 0.1) is 12.2 Å². The number of nitrogens with one attached hydrogen (secondary N) is 1. The zero-order chi connectivity index (χ0) is 14.3. The Bertz CT molecular complexity index is 490. The topological polar surface area (TPSA) is 88.5 Å². The summed E-state index contributed by atoms with van der Waals surface area (Å²) in [5.41, 5.74) is 0.302. The number of carboxylic acid groups (broad SMARTS) is 1. The molecule has 0 radical (unpaired) electrons. The van der Waals surface area contributed by atoms with E-state index in [1.165, 1.54) is 18.3 Å². The van der Waals surface area contributed by atoms with Crippen molar-refractivity contribution in [2.24, 2.45) is 0 Å². The van der Waals surface area contributed by atoms with Gasteiger partial charge in [0.15, 0.2) is 0 Å². The number of hydrogen-bond donors (Lipinski definition) is 2. The van der Waals surface area contributed by atoms with Crippen LogP contribution in [-0.2, 0) is 9.53 Å². The van der Waals surface area contributed by atoms with Gasteiger partial charge in [-0.15, -0.1) is 12.3 Å². The average Bonchev–Trinajstić information content (AvgIpc) is 2.39. The van der Waals surface area contributed by atoms with Crippen molar-refractivity contribution in [2.75, 3.05) is 11.9 Å². The number of hydrogen-bond acceptors (Lipinski definition) is 5. The number of anilines is 1. The van der Waals surface area contributed by atoms with E-state index in [0.717, 1.165) is 0 Å². The number of aromatic nitrogens is 1. The van der Waals surface area contributed by atoms with Gasteiger partial charge in [-0.3, -0.25) is 0 Å². The molecule has 1 aromatic heterocycles. The Hall–Kier alpha value is -2.55. The second kappa shape index (κ2) is 7.01. The largest absolute Gasteiger partial charge is 0.480 e. The molecule has 0 fully saturated rings. The lowest BCUT2D eigenvalue weighted by Crippen LogP contribution is -2.29. The van der Waals surface area contributed by atoms with Crippen LogP contribution in [0.1, 0.15) is 23.7 Å². The summed E-state index contributed by atoms with van der Waals surface area (Å²) in [6, 6.07) is 2.09. The van der Waals surface area contributed by atoms with Gasteiger partial charge in [-0.05, 0) is 19.1 Å². The van der Waals surface area contributed by atoms with Crippen molar-refractivity contribution < 1.29 is 19.4 Å². The number of ether oxygens (including phenoxy) is 1. The summed E-state index contributed by atoms with van der Waals surface area (Å²) in [7, 11) is 0. The molecule has 19 heavy (non-hydrogen) atoms. The summed E-state index contributed by atoms with van der Waals surface area (Å²) in [4.78, 5) is 26.2. The zero-order valence-corrected chi connectivity index (χ0v) is 10.4. The van der Waals surface area contributed by atoms with Crippen molar-refractivity contribution in [1.29, 1.82) is 0 Å². The van der Waals surface area contributed by atoms with Crippen LogP contribution in [-0.4, -0.2) is 34.7 Å². The smallest absolute Gasteiger partial charge is 0.339 e. The monoisotopic (exact) mass is 262 g/mol. The van der Waals surface area contributed by atoms with Gasteiger partial charge in [0.1, 0.15) is 11.9 Å². The van der Waals surface area contributed by atoms with Gasteiger partial charge in [0.25, 0.3) is 0 Å². The van der Waals surface area contributed by atoms with Crippen LogP contribution < -0.4 is 5.32 Å². The van der Waals surface area contributed by atoms with Crippen LogP contribution in [0.4, 0.5) is 5.82 Å². The normalized spacial score (nSPS) is 11.2. The molecule has 6 heteroatoms. The molecule has 0 aliphatic rings. The lowest BCUT2D eigenvalue weighted by molar-refractivity contribution is -0.137. The number of carboxylic acids is 1. The highest BCUT2D eigenvalue weighted by Crippen LogP contribution is 2.09. The highest BCUT2D eigenvalue weighted by molar-refractivity contribution is 5.89. The van der Waals surface area contributed by atoms with Crippen LogP contribution in [0.5, 0.6) is 0 Å². The third kappa shape index (κ3) is 4.32. The number of terminal acetylenes is 1. The van der Waals surface area contributed by atoms with Crippen LogP contribution in [0.15, 0.2) is 18.3 Å². The predicted octanol–water partition coefficient (Wildman–Crippen LogP) is 1.15. The van der Waals surface area contributed by atoms with Gasteiger partial charge < -0.3 is 15.2 Å². The molecule has 0 amide bonds. The Balaban J connectivity index is 2.73. The van der Waals surface area contributed by atoms with Crippen LogP contribution in [0, 0.1) is 12.3 Å². The van der Waals surface area contributed by atoms with Crippen molar-refractivity contribution in [3.8, 4) is 12.3 Å². The number of aliphatic carboxylic acids is 1. The molecule has 0 saturated carbocycles. The van der Waals surface area contributed by atoms with Crippen LogP contribution in [0.25, 0.3) is 0 Å². The molecule has 2 N–H and O–H groups in total. The number of pyridine rings is 1. The van der Waals surface area contributed by atoms with E-state index in [-0.39, 0.29) is 13.0 Å². The van der Waals surface area contributed by atoms with E-state index in [1.807, 2.05) is 0 Å². The highest BCUT2D eigenvalue weighted by Gasteiger charge is 2.16. The van der Waals surface area contributed by atoms with Crippen LogP contribution in [0.2, 0.25) is 0 Å². The molecule has 0 aliphatic heterocycles. The lowest BCUT2D eigenvalue weighted by Gasteiger charge is -2.12. The number of carbonyl (C=O) groups is 2. The average molecular weight is 262 g/mol. The van der Waals surface area contributed by atoms with Gasteiger partial charge in [0, 0.05) is 12.6 Å². The van der Waals surface area contributed by atoms with Crippen molar-refractivity contribution >= 4 is 17.8 Å². The van der Waals surface area contributed by atoms with E-state index in [1.54, 1.807) is 6.92 Å². The maximum absolute atomic E-state index is 11.4. The van der Waals surface area contributed by atoms with Gasteiger partial charge in [-0.2, -0.15) is 0 Å². The molecule has 1 atom stereocenters. The second-order valence-electron chi connectivity index (χ2n) is 3.60. The van der Waals surface area contributed by atoms with E-state index in [2.05, 4.69) is 16.2 Å². The molecule has 0 spiro atoms. The first-order chi connectivity index (χ1) is 9.08. The molecular formula is C13H14N2O4. The third-order valence-corrected chi connectivity index (χ3v) is 2.22. The maximum Gasteiger partial charge on any atom is 0.339 e. The van der Waals surface area contributed by atoms with Gasteiger partial charge >= 0.3 is 11.9 Å². The third-order valence-electron chi connectivity index (χ3n) is 2.22. The minimum atomic E-state index is -1.06. The summed E-state index contributed by atoms with van der Waals surface area (Å²) in [6.45, 7) is 1.99. The fraction of sp³-hybridized carbons (Fsp3) is 0.308. The summed E-state index contributed by atoms with van der Waals surface area (Å²) in [6.07, 6.45) is 6.44. The quantitative estimate of drug-likeness (QED) is 0.590. The molecule has 0 saturated heterocycles. The van der Waals surface area contributed by atoms with Crippen molar-refractivity contribution in [3.05, 3.63) is 23.9 Å². The maximum atomic E-state index is 11.4. The number of esters is 1. The first-order valence-corrected chi connectivity index (χ1v) is 5.64. The van der Waals surface area contributed by atoms with Crippen molar-refractivity contribution in [1.82, 2.24) is 4.98 Å². The summed E-state index contributed by atoms with van der Waals surface area (Å²) < 4.78 is 4.81. The number of nitrogens with zero attached hydrogens (tertiary/aromatic N) is 1. The molecule has 0 aromatic carbocycles. The molecule has 0 bridgehead atoms. The first kappa shape index (κ1) is 14.5. The Morgan fingerprint density at radius 1 is 1.58 bits per heavy atom. The Labute approximate surface area is 110 Å².